The van der Waals surface area contributed by atoms with Crippen LogP contribution in [0.15, 0.2) is 72.0 Å². The van der Waals surface area contributed by atoms with Crippen molar-refractivity contribution in [2.24, 2.45) is 0 Å². The van der Waals surface area contributed by atoms with Gasteiger partial charge in [-0.3, -0.25) is 14.5 Å². The number of thiazole rings is 1. The number of anilines is 1. The zero-order valence-corrected chi connectivity index (χ0v) is 22.1. The minimum absolute atomic E-state index is 0.0480. The molecule has 0 fully saturated rings. The topological polar surface area (TPSA) is 96.8 Å². The highest BCUT2D eigenvalue weighted by Gasteiger charge is 2.45. The lowest BCUT2D eigenvalue weighted by molar-refractivity contribution is -0.117. The summed E-state index contributed by atoms with van der Waals surface area (Å²) in [5.74, 6) is -2.46. The number of methoxy groups -OCH3 is 1. The van der Waals surface area contributed by atoms with Crippen LogP contribution in [0.2, 0.25) is 0 Å². The van der Waals surface area contributed by atoms with Crippen LogP contribution < -0.4 is 4.90 Å². The summed E-state index contributed by atoms with van der Waals surface area (Å²) in [5, 5.41) is 11.1. The quantitative estimate of drug-likeness (QED) is 0.333. The van der Waals surface area contributed by atoms with E-state index in [0.717, 1.165) is 22.5 Å². The average Bonchev–Trinajstić information content (AvgIpc) is 3.39. The zero-order valence-electron chi connectivity index (χ0n) is 21.3. The third-order valence-corrected chi connectivity index (χ3v) is 7.29. The van der Waals surface area contributed by atoms with Gasteiger partial charge in [-0.1, -0.05) is 92.8 Å². The molecule has 0 aliphatic carbocycles. The maximum absolute atomic E-state index is 13.4. The molecule has 0 spiro atoms. The molecule has 1 aliphatic heterocycles. The van der Waals surface area contributed by atoms with E-state index in [4.69, 9.17) is 4.74 Å². The molecular weight excluding hydrogens is 488 g/mol. The van der Waals surface area contributed by atoms with Gasteiger partial charge >= 0.3 is 5.97 Å². The molecule has 1 N–H and O–H groups in total. The standard InChI is InChI=1S/C29H28N2O5S/c1-17-25(27(35)36-5)37-28(30-17)31-23(19-12-14-20(15-13-19)29(2,3)4)22(24(33)26(31)34)21(32)16-11-18-9-7-6-8-10-18/h6-16,23,33H,1-5H3. The van der Waals surface area contributed by atoms with Gasteiger partial charge in [0.15, 0.2) is 16.7 Å². The second-order valence-corrected chi connectivity index (χ2v) is 10.7. The lowest BCUT2D eigenvalue weighted by Gasteiger charge is -2.25. The first-order valence-electron chi connectivity index (χ1n) is 11.7. The number of ether oxygens (including phenoxy) is 1. The van der Waals surface area contributed by atoms with E-state index in [2.05, 4.69) is 25.8 Å². The largest absolute Gasteiger partial charge is 0.503 e. The molecule has 1 aliphatic rings. The van der Waals surface area contributed by atoms with E-state index in [-0.39, 0.29) is 21.0 Å². The summed E-state index contributed by atoms with van der Waals surface area (Å²) in [5.41, 5.74) is 2.77. The zero-order chi connectivity index (χ0) is 26.9. The van der Waals surface area contributed by atoms with Crippen molar-refractivity contribution in [1.82, 2.24) is 4.98 Å². The van der Waals surface area contributed by atoms with E-state index >= 15 is 0 Å². The molecule has 190 valence electrons. The molecule has 1 atom stereocenters. The predicted octanol–water partition coefficient (Wildman–Crippen LogP) is 5.72. The summed E-state index contributed by atoms with van der Waals surface area (Å²) in [4.78, 5) is 44.9. The summed E-state index contributed by atoms with van der Waals surface area (Å²) < 4.78 is 4.84. The minimum Gasteiger partial charge on any atom is -0.503 e. The van der Waals surface area contributed by atoms with Gasteiger partial charge in [-0.25, -0.2) is 9.78 Å². The number of rotatable bonds is 6. The highest BCUT2D eigenvalue weighted by molar-refractivity contribution is 7.17. The van der Waals surface area contributed by atoms with Crippen molar-refractivity contribution in [2.45, 2.75) is 39.2 Å². The van der Waals surface area contributed by atoms with Crippen LogP contribution in [0.4, 0.5) is 5.13 Å². The van der Waals surface area contributed by atoms with Crippen LogP contribution in [-0.2, 0) is 19.7 Å². The second kappa shape index (κ2) is 10.1. The average molecular weight is 517 g/mol. The smallest absolute Gasteiger partial charge is 0.350 e. The number of allylic oxidation sites excluding steroid dienone is 1. The Labute approximate surface area is 219 Å². The number of carbonyl (C=O) groups is 3. The Balaban J connectivity index is 1.81. The fraction of sp³-hybridized carbons (Fsp3) is 0.241. The number of aromatic nitrogens is 1. The molecular formula is C29H28N2O5S. The monoisotopic (exact) mass is 516 g/mol. The van der Waals surface area contributed by atoms with Gasteiger partial charge in [0.05, 0.1) is 24.4 Å². The van der Waals surface area contributed by atoms with Crippen molar-refractivity contribution >= 4 is 40.2 Å². The maximum Gasteiger partial charge on any atom is 0.350 e. The van der Waals surface area contributed by atoms with E-state index in [1.165, 1.54) is 18.1 Å². The maximum atomic E-state index is 13.4. The van der Waals surface area contributed by atoms with Gasteiger partial charge < -0.3 is 9.84 Å². The van der Waals surface area contributed by atoms with Crippen molar-refractivity contribution in [3.63, 3.8) is 0 Å². The Bertz CT molecular complexity index is 1410. The summed E-state index contributed by atoms with van der Waals surface area (Å²) >= 11 is 0.977. The van der Waals surface area contributed by atoms with Crippen molar-refractivity contribution in [1.29, 1.82) is 0 Å². The van der Waals surface area contributed by atoms with Gasteiger partial charge in [-0.2, -0.15) is 0 Å². The molecule has 1 amide bonds. The fourth-order valence-corrected chi connectivity index (χ4v) is 5.14. The Morgan fingerprint density at radius 2 is 1.73 bits per heavy atom. The number of aryl methyl sites for hydroxylation is 1. The van der Waals surface area contributed by atoms with Gasteiger partial charge in [-0.05, 0) is 35.1 Å². The van der Waals surface area contributed by atoms with E-state index in [0.29, 0.717) is 11.3 Å². The van der Waals surface area contributed by atoms with Crippen LogP contribution in [0, 0.1) is 6.92 Å². The summed E-state index contributed by atoms with van der Waals surface area (Å²) in [6.45, 7) is 7.92. The van der Waals surface area contributed by atoms with E-state index in [1.807, 2.05) is 54.6 Å². The Morgan fingerprint density at radius 3 is 2.32 bits per heavy atom. The molecule has 0 saturated carbocycles. The Morgan fingerprint density at radius 1 is 1.08 bits per heavy atom. The summed E-state index contributed by atoms with van der Waals surface area (Å²) in [6, 6.07) is 15.9. The summed E-state index contributed by atoms with van der Waals surface area (Å²) in [6.07, 6.45) is 2.99. The fourth-order valence-electron chi connectivity index (χ4n) is 4.13. The van der Waals surface area contributed by atoms with Crippen LogP contribution in [0.1, 0.15) is 58.9 Å². The third-order valence-electron chi connectivity index (χ3n) is 6.15. The summed E-state index contributed by atoms with van der Waals surface area (Å²) in [7, 11) is 1.27. The van der Waals surface area contributed by atoms with Gasteiger partial charge in [0.25, 0.3) is 5.91 Å². The molecule has 7 nitrogen and oxygen atoms in total. The number of esters is 1. The lowest BCUT2D eigenvalue weighted by Crippen LogP contribution is -2.31. The lowest BCUT2D eigenvalue weighted by atomic mass is 9.85. The molecule has 0 saturated heterocycles. The van der Waals surface area contributed by atoms with Crippen molar-refractivity contribution in [3.05, 3.63) is 99.3 Å². The molecule has 4 rings (SSSR count). The number of ketones is 1. The number of benzene rings is 2. The Kier molecular flexibility index (Phi) is 7.14. The van der Waals surface area contributed by atoms with Crippen molar-refractivity contribution < 1.29 is 24.2 Å². The number of hydrogen-bond donors (Lipinski definition) is 1. The molecule has 37 heavy (non-hydrogen) atoms. The number of nitrogens with zero attached hydrogens (tertiary/aromatic N) is 2. The van der Waals surface area contributed by atoms with Gasteiger partial charge in [0, 0.05) is 0 Å². The molecule has 0 radical (unpaired) electrons. The highest BCUT2D eigenvalue weighted by atomic mass is 32.1. The van der Waals surface area contributed by atoms with Gasteiger partial charge in [0.1, 0.15) is 4.88 Å². The SMILES string of the molecule is COC(=O)c1sc(N2C(=O)C(O)=C(C(=O)C=Cc3ccccc3)C2c2ccc(C(C)(C)C)cc2)nc1C. The molecule has 1 aromatic heterocycles. The first-order valence-corrected chi connectivity index (χ1v) is 12.5. The van der Waals surface area contributed by atoms with E-state index in [9.17, 15) is 19.5 Å². The molecule has 1 unspecified atom stereocenters. The number of aliphatic hydroxyl groups excluding tert-OH is 1. The van der Waals surface area contributed by atoms with Crippen LogP contribution in [0.25, 0.3) is 6.08 Å². The predicted molar refractivity (Wildman–Crippen MR) is 144 cm³/mol. The van der Waals surface area contributed by atoms with Crippen LogP contribution in [0.3, 0.4) is 0 Å². The first kappa shape index (κ1) is 26.0. The van der Waals surface area contributed by atoms with Gasteiger partial charge in [-0.15, -0.1) is 0 Å². The number of hydrogen-bond acceptors (Lipinski definition) is 7. The third kappa shape index (κ3) is 5.11. The highest BCUT2D eigenvalue weighted by Crippen LogP contribution is 2.43. The number of carbonyl (C=O) groups excluding carboxylic acids is 3. The normalized spacial score (nSPS) is 16.1. The van der Waals surface area contributed by atoms with Crippen molar-refractivity contribution in [2.75, 3.05) is 12.0 Å². The van der Waals surface area contributed by atoms with E-state index in [1.54, 1.807) is 13.0 Å². The minimum atomic E-state index is -0.925. The molecule has 3 aromatic rings. The van der Waals surface area contributed by atoms with E-state index < -0.39 is 29.5 Å². The number of aliphatic hydroxyl groups is 1. The number of amides is 1. The van der Waals surface area contributed by atoms with Crippen LogP contribution in [-0.4, -0.2) is 34.9 Å². The molecule has 2 heterocycles. The van der Waals surface area contributed by atoms with Crippen LogP contribution >= 0.6 is 11.3 Å². The molecule has 0 bridgehead atoms. The van der Waals surface area contributed by atoms with Crippen LogP contribution in [0.5, 0.6) is 0 Å². The molecule has 8 heteroatoms. The Hall–Kier alpha value is -4.04. The van der Waals surface area contributed by atoms with Gasteiger partial charge in [0.2, 0.25) is 0 Å². The van der Waals surface area contributed by atoms with Crippen molar-refractivity contribution in [3.8, 4) is 0 Å². The second-order valence-electron chi connectivity index (χ2n) is 9.72. The molecule has 2 aromatic carbocycles. The first-order chi connectivity index (χ1) is 17.5.